The van der Waals surface area contributed by atoms with E-state index in [-0.39, 0.29) is 6.61 Å². The number of hydrogen-bond donors (Lipinski definition) is 1. The third-order valence-corrected chi connectivity index (χ3v) is 3.30. The Morgan fingerprint density at radius 2 is 1.91 bits per heavy atom. The van der Waals surface area contributed by atoms with Gasteiger partial charge in [-0.15, -0.1) is 0 Å². The topological polar surface area (TPSA) is 38.3 Å². The average molecular weight is 295 g/mol. The lowest BCUT2D eigenvalue weighted by molar-refractivity contribution is 0.141. The summed E-state index contributed by atoms with van der Waals surface area (Å²) in [5.74, 6) is 0. The van der Waals surface area contributed by atoms with Crippen LogP contribution in [0.15, 0.2) is 54.6 Å². The lowest BCUT2D eigenvalue weighted by Crippen LogP contribution is -2.24. The molecule has 0 radical (unpaired) electrons. The Morgan fingerprint density at radius 3 is 2.64 bits per heavy atom. The first kappa shape index (κ1) is 15.8. The summed E-state index contributed by atoms with van der Waals surface area (Å²) in [6.07, 6.45) is 3.52. The van der Waals surface area contributed by atoms with Crippen LogP contribution in [0, 0.1) is 13.8 Å². The van der Waals surface area contributed by atoms with E-state index < -0.39 is 6.09 Å². The molecule has 2 aromatic rings. The molecule has 0 unspecified atom stereocenters. The molecule has 0 atom stereocenters. The molecule has 1 N–H and O–H groups in total. The summed E-state index contributed by atoms with van der Waals surface area (Å²) in [5.41, 5.74) is 4.61. The van der Waals surface area contributed by atoms with E-state index in [1.807, 2.05) is 42.5 Å². The highest BCUT2D eigenvalue weighted by molar-refractivity contribution is 5.67. The van der Waals surface area contributed by atoms with E-state index in [1.54, 1.807) is 0 Å². The molecule has 114 valence electrons. The molecule has 0 fully saturated rings. The molecule has 0 saturated carbocycles. The molecule has 0 spiro atoms. The summed E-state index contributed by atoms with van der Waals surface area (Å²) in [6, 6.07) is 15.9. The van der Waals surface area contributed by atoms with E-state index in [0.29, 0.717) is 6.54 Å². The maximum atomic E-state index is 11.6. The van der Waals surface area contributed by atoms with Gasteiger partial charge in [0.15, 0.2) is 0 Å². The van der Waals surface area contributed by atoms with Gasteiger partial charge in [0.05, 0.1) is 0 Å². The quantitative estimate of drug-likeness (QED) is 0.896. The van der Waals surface area contributed by atoms with E-state index in [0.717, 1.165) is 11.1 Å². The van der Waals surface area contributed by atoms with Gasteiger partial charge in [-0.1, -0.05) is 66.2 Å². The van der Waals surface area contributed by atoms with Crippen LogP contribution >= 0.6 is 0 Å². The zero-order valence-corrected chi connectivity index (χ0v) is 13.0. The molecule has 0 saturated heterocycles. The van der Waals surface area contributed by atoms with Crippen LogP contribution in [0.1, 0.15) is 22.3 Å². The number of carbonyl (C=O) groups excluding carboxylic acids is 1. The number of rotatable bonds is 5. The number of carbonyl (C=O) groups is 1. The largest absolute Gasteiger partial charge is 0.445 e. The highest BCUT2D eigenvalue weighted by Gasteiger charge is 2.00. The summed E-state index contributed by atoms with van der Waals surface area (Å²) in [5, 5.41) is 2.71. The highest BCUT2D eigenvalue weighted by atomic mass is 16.5. The summed E-state index contributed by atoms with van der Waals surface area (Å²) in [4.78, 5) is 11.6. The molecular formula is C19H21NO2. The smallest absolute Gasteiger partial charge is 0.407 e. The fraction of sp³-hybridized carbons (Fsp3) is 0.211. The van der Waals surface area contributed by atoms with Crippen LogP contribution in [0.2, 0.25) is 0 Å². The second kappa shape index (κ2) is 8.03. The van der Waals surface area contributed by atoms with Gasteiger partial charge in [0, 0.05) is 6.54 Å². The molecule has 0 heterocycles. The number of ether oxygens (including phenoxy) is 1. The number of amides is 1. The summed E-state index contributed by atoms with van der Waals surface area (Å²) in [7, 11) is 0. The normalized spacial score (nSPS) is 10.6. The lowest BCUT2D eigenvalue weighted by atomic mass is 10.1. The van der Waals surface area contributed by atoms with Crippen molar-refractivity contribution in [2.24, 2.45) is 0 Å². The fourth-order valence-electron chi connectivity index (χ4n) is 2.11. The molecule has 2 rings (SSSR count). The van der Waals surface area contributed by atoms with Crippen LogP contribution in [0.5, 0.6) is 0 Å². The second-order valence-corrected chi connectivity index (χ2v) is 5.21. The van der Waals surface area contributed by atoms with Gasteiger partial charge in [0.2, 0.25) is 0 Å². The lowest BCUT2D eigenvalue weighted by Gasteiger charge is -2.05. The second-order valence-electron chi connectivity index (χ2n) is 5.21. The Labute approximate surface area is 131 Å². The van der Waals surface area contributed by atoms with Gasteiger partial charge in [0.25, 0.3) is 0 Å². The van der Waals surface area contributed by atoms with Gasteiger partial charge in [0.1, 0.15) is 6.61 Å². The molecule has 1 amide bonds. The Morgan fingerprint density at radius 1 is 1.14 bits per heavy atom. The predicted octanol–water partition coefficient (Wildman–Crippen LogP) is 4.24. The number of hydrogen-bond acceptors (Lipinski definition) is 2. The van der Waals surface area contributed by atoms with E-state index in [4.69, 9.17) is 4.74 Å². The van der Waals surface area contributed by atoms with Gasteiger partial charge >= 0.3 is 6.09 Å². The SMILES string of the molecule is Cc1ccc(C=CCNC(=O)OCc2ccccc2)c(C)c1. The Balaban J connectivity index is 1.73. The van der Waals surface area contributed by atoms with Crippen molar-refractivity contribution in [2.45, 2.75) is 20.5 Å². The minimum absolute atomic E-state index is 0.285. The Kier molecular flexibility index (Phi) is 5.78. The summed E-state index contributed by atoms with van der Waals surface area (Å²) in [6.45, 7) is 4.88. The van der Waals surface area contributed by atoms with E-state index in [1.165, 1.54) is 11.1 Å². The number of nitrogens with one attached hydrogen (secondary N) is 1. The zero-order chi connectivity index (χ0) is 15.8. The maximum Gasteiger partial charge on any atom is 0.407 e. The van der Waals surface area contributed by atoms with Crippen molar-refractivity contribution in [2.75, 3.05) is 6.54 Å². The van der Waals surface area contributed by atoms with Crippen LogP contribution in [0.25, 0.3) is 6.08 Å². The third kappa shape index (κ3) is 5.09. The van der Waals surface area contributed by atoms with Crippen molar-refractivity contribution in [3.05, 3.63) is 76.9 Å². The molecule has 0 aliphatic heterocycles. The predicted molar refractivity (Wildman–Crippen MR) is 89.6 cm³/mol. The molecule has 22 heavy (non-hydrogen) atoms. The molecule has 3 nitrogen and oxygen atoms in total. The van der Waals surface area contributed by atoms with Crippen molar-refractivity contribution < 1.29 is 9.53 Å². The highest BCUT2D eigenvalue weighted by Crippen LogP contribution is 2.11. The standard InChI is InChI=1S/C19H21NO2/c1-15-10-11-18(16(2)13-15)9-6-12-20-19(21)22-14-17-7-4-3-5-8-17/h3-11,13H,12,14H2,1-2H3,(H,20,21). The van der Waals surface area contributed by atoms with Crippen molar-refractivity contribution in [3.8, 4) is 0 Å². The van der Waals surface area contributed by atoms with Crippen molar-refractivity contribution >= 4 is 12.2 Å². The molecule has 2 aromatic carbocycles. The van der Waals surface area contributed by atoms with Gasteiger partial charge in [-0.2, -0.15) is 0 Å². The van der Waals surface area contributed by atoms with Gasteiger partial charge in [-0.25, -0.2) is 4.79 Å². The van der Waals surface area contributed by atoms with Crippen LogP contribution in [0.3, 0.4) is 0 Å². The molecule has 3 heteroatoms. The minimum Gasteiger partial charge on any atom is -0.445 e. The monoisotopic (exact) mass is 295 g/mol. The number of aryl methyl sites for hydroxylation is 2. The van der Waals surface area contributed by atoms with Gasteiger partial charge in [-0.3, -0.25) is 0 Å². The molecule has 0 bridgehead atoms. The molecular weight excluding hydrogens is 274 g/mol. The summed E-state index contributed by atoms with van der Waals surface area (Å²) >= 11 is 0. The van der Waals surface area contributed by atoms with Crippen molar-refractivity contribution in [3.63, 3.8) is 0 Å². The first-order valence-electron chi connectivity index (χ1n) is 7.33. The zero-order valence-electron chi connectivity index (χ0n) is 13.0. The minimum atomic E-state index is -0.408. The van der Waals surface area contributed by atoms with Crippen molar-refractivity contribution in [1.29, 1.82) is 0 Å². The van der Waals surface area contributed by atoms with Gasteiger partial charge < -0.3 is 10.1 Å². The van der Waals surface area contributed by atoms with Crippen LogP contribution in [-0.4, -0.2) is 12.6 Å². The van der Waals surface area contributed by atoms with Crippen LogP contribution in [0.4, 0.5) is 4.79 Å². The maximum absolute atomic E-state index is 11.6. The van der Waals surface area contributed by atoms with Crippen LogP contribution in [-0.2, 0) is 11.3 Å². The first-order chi connectivity index (χ1) is 10.6. The van der Waals surface area contributed by atoms with Crippen LogP contribution < -0.4 is 5.32 Å². The molecule has 0 aromatic heterocycles. The van der Waals surface area contributed by atoms with Crippen molar-refractivity contribution in [1.82, 2.24) is 5.32 Å². The Hall–Kier alpha value is -2.55. The van der Waals surface area contributed by atoms with E-state index in [2.05, 4.69) is 37.4 Å². The van der Waals surface area contributed by atoms with E-state index >= 15 is 0 Å². The molecule has 0 aliphatic carbocycles. The van der Waals surface area contributed by atoms with E-state index in [9.17, 15) is 4.79 Å². The third-order valence-electron chi connectivity index (χ3n) is 3.30. The first-order valence-corrected chi connectivity index (χ1v) is 7.33. The summed E-state index contributed by atoms with van der Waals surface area (Å²) < 4.78 is 5.14. The number of benzene rings is 2. The fourth-order valence-corrected chi connectivity index (χ4v) is 2.11. The average Bonchev–Trinajstić information content (AvgIpc) is 2.52. The Bertz CT molecular complexity index is 648. The van der Waals surface area contributed by atoms with Gasteiger partial charge in [-0.05, 0) is 30.5 Å². The molecule has 0 aliphatic rings. The number of alkyl carbamates (subject to hydrolysis) is 1.